The lowest BCUT2D eigenvalue weighted by atomic mass is 9.92. The summed E-state index contributed by atoms with van der Waals surface area (Å²) in [4.78, 5) is 14.0. The molecule has 4 saturated heterocycles. The number of nitrogen functional groups attached to an aromatic ring is 1. The molecule has 0 amide bonds. The van der Waals surface area contributed by atoms with Crippen LogP contribution in [0.25, 0.3) is 32.8 Å². The van der Waals surface area contributed by atoms with Crippen LogP contribution in [0, 0.1) is 24.0 Å². The Morgan fingerprint density at radius 2 is 2.02 bits per heavy atom. The maximum Gasteiger partial charge on any atom is 0.319 e. The Morgan fingerprint density at radius 1 is 1.13 bits per heavy atom. The van der Waals surface area contributed by atoms with Gasteiger partial charge in [0, 0.05) is 48.2 Å². The van der Waals surface area contributed by atoms with Crippen LogP contribution in [0.15, 0.2) is 30.3 Å². The molecule has 3 N–H and O–H groups in total. The molecule has 2 bridgehead atoms. The van der Waals surface area contributed by atoms with Crippen LogP contribution in [0.5, 0.6) is 11.8 Å². The number of nitrogens with two attached hydrogens (primary N) is 1. The number of benzene rings is 3. The summed E-state index contributed by atoms with van der Waals surface area (Å²) in [6.07, 6.45) is 9.08. The molecular formula is C35H33F3N6O2. The molecule has 0 radical (unpaired) electrons. The normalized spacial score (nSPS) is 28.2. The van der Waals surface area contributed by atoms with Gasteiger partial charge >= 0.3 is 6.01 Å². The lowest BCUT2D eigenvalue weighted by molar-refractivity contribution is 0.107. The van der Waals surface area contributed by atoms with E-state index in [1.807, 2.05) is 0 Å². The van der Waals surface area contributed by atoms with Crippen molar-refractivity contribution in [1.29, 1.82) is 0 Å². The van der Waals surface area contributed by atoms with Gasteiger partial charge < -0.3 is 25.4 Å². The molecule has 4 aromatic rings. The van der Waals surface area contributed by atoms with Crippen molar-refractivity contribution in [3.05, 3.63) is 47.5 Å². The predicted molar refractivity (Wildman–Crippen MR) is 170 cm³/mol. The number of rotatable bonds is 4. The first-order valence-corrected chi connectivity index (χ1v) is 16.0. The topological polar surface area (TPSA) is 88.8 Å². The van der Waals surface area contributed by atoms with E-state index in [1.54, 1.807) is 24.3 Å². The van der Waals surface area contributed by atoms with Crippen LogP contribution >= 0.6 is 0 Å². The van der Waals surface area contributed by atoms with E-state index in [4.69, 9.17) is 26.6 Å². The molecule has 11 heteroatoms. The summed E-state index contributed by atoms with van der Waals surface area (Å²) < 4.78 is 59.4. The first-order chi connectivity index (χ1) is 22.3. The highest BCUT2D eigenvalue weighted by molar-refractivity contribution is 6.06. The number of alkyl halides is 1. The second-order valence-electron chi connectivity index (χ2n) is 13.5. The monoisotopic (exact) mass is 626 g/mol. The average Bonchev–Trinajstić information content (AvgIpc) is 3.68. The summed E-state index contributed by atoms with van der Waals surface area (Å²) in [5.74, 6) is 2.20. The maximum atomic E-state index is 17.1. The number of hydrogen-bond acceptors (Lipinski definition) is 8. The zero-order valence-electron chi connectivity index (χ0n) is 25.2. The van der Waals surface area contributed by atoms with Crippen LogP contribution in [-0.2, 0) is 0 Å². The van der Waals surface area contributed by atoms with Crippen molar-refractivity contribution in [3.63, 3.8) is 0 Å². The van der Waals surface area contributed by atoms with Crippen molar-refractivity contribution in [2.24, 2.45) is 0 Å². The van der Waals surface area contributed by atoms with Crippen molar-refractivity contribution >= 4 is 33.2 Å². The van der Waals surface area contributed by atoms with Crippen LogP contribution < -0.4 is 25.4 Å². The molecule has 1 aromatic heterocycles. The predicted octanol–water partition coefficient (Wildman–Crippen LogP) is 4.95. The van der Waals surface area contributed by atoms with Crippen molar-refractivity contribution in [2.75, 3.05) is 43.5 Å². The summed E-state index contributed by atoms with van der Waals surface area (Å²) in [5, 5.41) is 5.12. The molecule has 0 spiro atoms. The van der Waals surface area contributed by atoms with Crippen LogP contribution in [0.1, 0.15) is 37.7 Å². The average molecular weight is 627 g/mol. The highest BCUT2D eigenvalue weighted by Crippen LogP contribution is 2.47. The third-order valence-electron chi connectivity index (χ3n) is 10.8. The zero-order valence-corrected chi connectivity index (χ0v) is 25.2. The summed E-state index contributed by atoms with van der Waals surface area (Å²) in [7, 11) is 0. The molecule has 3 aromatic carbocycles. The molecule has 0 aliphatic carbocycles. The number of ether oxygens (including phenoxy) is 2. The van der Waals surface area contributed by atoms with Crippen molar-refractivity contribution < 1.29 is 22.6 Å². The molecule has 4 fully saturated rings. The Hall–Kier alpha value is -4.27. The highest BCUT2D eigenvalue weighted by atomic mass is 19.1. The third-order valence-corrected chi connectivity index (χ3v) is 10.8. The number of nitrogens with one attached hydrogen (secondary N) is 1. The number of fused-ring (bicyclic) bond motifs is 7. The number of nitrogens with zero attached hydrogens (tertiary/aromatic N) is 4. The molecule has 6 heterocycles. The second kappa shape index (κ2) is 10.1. The smallest absolute Gasteiger partial charge is 0.319 e. The quantitative estimate of drug-likeness (QED) is 0.243. The van der Waals surface area contributed by atoms with E-state index in [0.717, 1.165) is 32.2 Å². The second-order valence-corrected chi connectivity index (χ2v) is 13.5. The molecule has 5 aliphatic heterocycles. The van der Waals surface area contributed by atoms with E-state index in [9.17, 15) is 8.78 Å². The summed E-state index contributed by atoms with van der Waals surface area (Å²) in [6, 6.07) is 8.26. The van der Waals surface area contributed by atoms with Gasteiger partial charge in [0.15, 0.2) is 5.82 Å². The van der Waals surface area contributed by atoms with Gasteiger partial charge in [-0.3, -0.25) is 4.90 Å². The van der Waals surface area contributed by atoms with E-state index in [0.29, 0.717) is 65.1 Å². The number of anilines is 2. The third kappa shape index (κ3) is 4.09. The Bertz CT molecular complexity index is 1980. The minimum absolute atomic E-state index is 0.0218. The Morgan fingerprint density at radius 3 is 2.89 bits per heavy atom. The van der Waals surface area contributed by atoms with Gasteiger partial charge in [0.25, 0.3) is 0 Å². The van der Waals surface area contributed by atoms with Gasteiger partial charge in [-0.25, -0.2) is 13.2 Å². The molecule has 1 unspecified atom stereocenters. The minimum Gasteiger partial charge on any atom is -0.491 e. The first kappa shape index (κ1) is 28.0. The van der Waals surface area contributed by atoms with Crippen molar-refractivity contribution in [2.45, 2.75) is 61.9 Å². The number of terminal acetylenes is 1. The Labute approximate surface area is 264 Å². The molecule has 8 nitrogen and oxygen atoms in total. The highest BCUT2D eigenvalue weighted by Gasteiger charge is 2.50. The van der Waals surface area contributed by atoms with Crippen LogP contribution in [0.3, 0.4) is 0 Å². The fraction of sp³-hybridized carbons (Fsp3) is 0.429. The zero-order chi connectivity index (χ0) is 31.3. The number of piperazine rings is 1. The van der Waals surface area contributed by atoms with Crippen LogP contribution in [-0.4, -0.2) is 77.6 Å². The Balaban J connectivity index is 1.25. The standard InChI is InChI=1S/C35H33F3N6O2/c1-2-22-25(37)6-4-18-10-20(39)11-23(29(18)22)24-12-28-30-32(31(24)38)41-34(46-17-35-8-3-9-43(35)14-19(36)13-35)42-33(30)44-15-21-5-7-26(40-21)27(44)16-45-28/h1,4,6,10-12,19,21,26-27,40H,3,5,7-9,13-17,39H2/t19-,21-,26+,27+,35?/m1/s1. The van der Waals surface area contributed by atoms with Gasteiger partial charge in [-0.2, -0.15) is 9.97 Å². The summed E-state index contributed by atoms with van der Waals surface area (Å²) in [5.41, 5.74) is 6.76. The van der Waals surface area contributed by atoms with E-state index in [-0.39, 0.29) is 47.4 Å². The molecule has 46 heavy (non-hydrogen) atoms. The van der Waals surface area contributed by atoms with E-state index in [2.05, 4.69) is 26.0 Å². The summed E-state index contributed by atoms with van der Waals surface area (Å²) in [6.45, 7) is 2.47. The van der Waals surface area contributed by atoms with Gasteiger partial charge in [-0.15, -0.1) is 6.42 Å². The van der Waals surface area contributed by atoms with Gasteiger partial charge in [-0.1, -0.05) is 12.0 Å². The molecule has 5 aliphatic rings. The fourth-order valence-electron chi connectivity index (χ4n) is 8.77. The van der Waals surface area contributed by atoms with Crippen molar-refractivity contribution in [1.82, 2.24) is 20.2 Å². The summed E-state index contributed by atoms with van der Waals surface area (Å²) >= 11 is 0. The lowest BCUT2D eigenvalue weighted by Crippen LogP contribution is -2.60. The van der Waals surface area contributed by atoms with Crippen LogP contribution in [0.4, 0.5) is 24.7 Å². The number of halogens is 3. The molecule has 5 atom stereocenters. The largest absolute Gasteiger partial charge is 0.491 e. The molecule has 236 valence electrons. The fourth-order valence-corrected chi connectivity index (χ4v) is 8.77. The number of hydrogen-bond donors (Lipinski definition) is 2. The van der Waals surface area contributed by atoms with E-state index < -0.39 is 23.3 Å². The van der Waals surface area contributed by atoms with E-state index >= 15 is 4.39 Å². The van der Waals surface area contributed by atoms with Crippen molar-refractivity contribution in [3.8, 4) is 35.2 Å². The minimum atomic E-state index is -0.909. The molecule has 0 saturated carbocycles. The first-order valence-electron chi connectivity index (χ1n) is 16.0. The number of aromatic nitrogens is 2. The SMILES string of the molecule is C#Cc1c(F)ccc2cc(N)cc(-c3cc4c5c(nc(OCC67CCCN6C[C@H](F)C7)nc5c3F)N3C[C@H]5CC[C@H](N5)[C@@H]3CO4)c12. The van der Waals surface area contributed by atoms with Gasteiger partial charge in [0.2, 0.25) is 0 Å². The van der Waals surface area contributed by atoms with Gasteiger partial charge in [-0.05, 0) is 67.4 Å². The van der Waals surface area contributed by atoms with Gasteiger partial charge in [0.1, 0.15) is 42.3 Å². The molecule has 9 rings (SSSR count). The Kier molecular flexibility index (Phi) is 6.15. The van der Waals surface area contributed by atoms with E-state index in [1.165, 1.54) is 6.07 Å². The van der Waals surface area contributed by atoms with Crippen LogP contribution in [0.2, 0.25) is 0 Å². The van der Waals surface area contributed by atoms with Gasteiger partial charge in [0.05, 0.1) is 22.5 Å². The molecular weight excluding hydrogens is 593 g/mol. The maximum absolute atomic E-state index is 17.1. The lowest BCUT2D eigenvalue weighted by Gasteiger charge is -2.40.